The van der Waals surface area contributed by atoms with Gasteiger partial charge in [-0.3, -0.25) is 0 Å². The van der Waals surface area contributed by atoms with E-state index in [-0.39, 0.29) is 17.5 Å². The number of aryl methyl sites for hydroxylation is 1. The Hall–Kier alpha value is -0.870. The Morgan fingerprint density at radius 1 is 1.33 bits per heavy atom. The van der Waals surface area contributed by atoms with Crippen molar-refractivity contribution in [1.29, 1.82) is 0 Å². The van der Waals surface area contributed by atoms with Gasteiger partial charge in [0.2, 0.25) is 0 Å². The molecular weight excluding hydrogens is 246 g/mol. The molecule has 1 N–H and O–H groups in total. The normalized spacial score (nSPS) is 13.5. The number of benzene rings is 1. The fourth-order valence-corrected chi connectivity index (χ4v) is 2.69. The van der Waals surface area contributed by atoms with E-state index in [0.717, 1.165) is 6.54 Å². The van der Waals surface area contributed by atoms with Crippen molar-refractivity contribution in [1.82, 2.24) is 5.32 Å². The third-order valence-electron chi connectivity index (χ3n) is 3.06. The number of hydrogen-bond donors (Lipinski definition) is 1. The first-order valence-corrected chi connectivity index (χ1v) is 8.27. The molecule has 0 radical (unpaired) electrons. The minimum atomic E-state index is -2.83. The smallest absolute Gasteiger partial charge is 0.150 e. The highest BCUT2D eigenvalue weighted by molar-refractivity contribution is 7.91. The van der Waals surface area contributed by atoms with Crippen LogP contribution >= 0.6 is 0 Å². The molecule has 0 aliphatic carbocycles. The van der Waals surface area contributed by atoms with Crippen molar-refractivity contribution in [3.8, 4) is 0 Å². The zero-order chi connectivity index (χ0) is 13.6. The molecule has 0 heterocycles. The van der Waals surface area contributed by atoms with Gasteiger partial charge in [-0.1, -0.05) is 36.8 Å². The van der Waals surface area contributed by atoms with Gasteiger partial charge in [0.1, 0.15) is 9.84 Å². The Labute approximate surface area is 111 Å². The second-order valence-corrected chi connectivity index (χ2v) is 7.15. The van der Waals surface area contributed by atoms with Crippen LogP contribution in [-0.4, -0.2) is 26.5 Å². The molecule has 1 aromatic rings. The van der Waals surface area contributed by atoms with E-state index in [1.807, 2.05) is 6.07 Å². The summed E-state index contributed by atoms with van der Waals surface area (Å²) in [6.45, 7) is 6.60. The first-order valence-electron chi connectivity index (χ1n) is 6.45. The van der Waals surface area contributed by atoms with Crippen LogP contribution in [0.3, 0.4) is 0 Å². The molecular formula is C14H23NO2S. The maximum atomic E-state index is 11.3. The van der Waals surface area contributed by atoms with Crippen molar-refractivity contribution in [2.24, 2.45) is 0 Å². The van der Waals surface area contributed by atoms with Crippen molar-refractivity contribution in [3.05, 3.63) is 35.4 Å². The van der Waals surface area contributed by atoms with Gasteiger partial charge in [0.15, 0.2) is 0 Å². The first-order chi connectivity index (χ1) is 8.44. The second-order valence-electron chi connectivity index (χ2n) is 4.68. The summed E-state index contributed by atoms with van der Waals surface area (Å²) in [4.78, 5) is 0. The van der Waals surface area contributed by atoms with Gasteiger partial charge in [0, 0.05) is 11.8 Å². The van der Waals surface area contributed by atoms with Crippen LogP contribution in [0.25, 0.3) is 0 Å². The average molecular weight is 269 g/mol. The Bertz CT molecular complexity index is 468. The highest BCUT2D eigenvalue weighted by Crippen LogP contribution is 2.13. The SMILES string of the molecule is CCS(=O)(=O)CCCN[C@@H](C)c1cccc(C)c1. The maximum Gasteiger partial charge on any atom is 0.150 e. The monoisotopic (exact) mass is 269 g/mol. The predicted octanol–water partition coefficient (Wildman–Crippen LogP) is 2.47. The zero-order valence-corrected chi connectivity index (χ0v) is 12.3. The summed E-state index contributed by atoms with van der Waals surface area (Å²) >= 11 is 0. The lowest BCUT2D eigenvalue weighted by atomic mass is 10.1. The number of nitrogens with one attached hydrogen (secondary N) is 1. The summed E-state index contributed by atoms with van der Waals surface area (Å²) in [6.07, 6.45) is 0.673. The molecule has 18 heavy (non-hydrogen) atoms. The molecule has 0 fully saturated rings. The van der Waals surface area contributed by atoms with Crippen molar-refractivity contribution in [2.45, 2.75) is 33.2 Å². The summed E-state index contributed by atoms with van der Waals surface area (Å²) in [5.74, 6) is 0.511. The lowest BCUT2D eigenvalue weighted by molar-refractivity contribution is 0.560. The fraction of sp³-hybridized carbons (Fsp3) is 0.571. The number of hydrogen-bond acceptors (Lipinski definition) is 3. The minimum Gasteiger partial charge on any atom is -0.310 e. The van der Waals surface area contributed by atoms with Crippen molar-refractivity contribution >= 4 is 9.84 Å². The summed E-state index contributed by atoms with van der Waals surface area (Å²) < 4.78 is 22.7. The standard InChI is InChI=1S/C14H23NO2S/c1-4-18(16,17)10-6-9-15-13(3)14-8-5-7-12(2)11-14/h5,7-8,11,13,15H,4,6,9-10H2,1-3H3/t13-/m0/s1. The van der Waals surface area contributed by atoms with Crippen LogP contribution in [0.15, 0.2) is 24.3 Å². The third kappa shape index (κ3) is 5.19. The van der Waals surface area contributed by atoms with Crippen molar-refractivity contribution in [2.75, 3.05) is 18.1 Å². The number of rotatable bonds is 7. The summed E-state index contributed by atoms with van der Waals surface area (Å²) in [5, 5.41) is 3.36. The lowest BCUT2D eigenvalue weighted by Crippen LogP contribution is -2.22. The topological polar surface area (TPSA) is 46.2 Å². The molecule has 4 heteroatoms. The Balaban J connectivity index is 2.36. The summed E-state index contributed by atoms with van der Waals surface area (Å²) in [5.41, 5.74) is 2.49. The second kappa shape index (κ2) is 6.90. The van der Waals surface area contributed by atoms with Gasteiger partial charge in [0.05, 0.1) is 5.75 Å². The molecule has 0 aliphatic rings. The van der Waals surface area contributed by atoms with E-state index in [1.165, 1.54) is 11.1 Å². The van der Waals surface area contributed by atoms with Crippen LogP contribution in [-0.2, 0) is 9.84 Å². The Morgan fingerprint density at radius 3 is 2.67 bits per heavy atom. The third-order valence-corrected chi connectivity index (χ3v) is 4.85. The van der Waals surface area contributed by atoms with E-state index >= 15 is 0 Å². The zero-order valence-electron chi connectivity index (χ0n) is 11.4. The van der Waals surface area contributed by atoms with Crippen molar-refractivity contribution < 1.29 is 8.42 Å². The molecule has 1 rings (SSSR count). The summed E-state index contributed by atoms with van der Waals surface area (Å²) in [6, 6.07) is 8.62. The molecule has 0 amide bonds. The van der Waals surface area contributed by atoms with Gasteiger partial charge in [0.25, 0.3) is 0 Å². The molecule has 0 unspecified atom stereocenters. The quantitative estimate of drug-likeness (QED) is 0.774. The molecule has 0 spiro atoms. The van der Waals surface area contributed by atoms with Crippen LogP contribution in [0.5, 0.6) is 0 Å². The maximum absolute atomic E-state index is 11.3. The van der Waals surface area contributed by atoms with E-state index in [4.69, 9.17) is 0 Å². The van der Waals surface area contributed by atoms with Gasteiger partial charge in [-0.2, -0.15) is 0 Å². The predicted molar refractivity (Wildman–Crippen MR) is 76.5 cm³/mol. The molecule has 1 aromatic carbocycles. The molecule has 3 nitrogen and oxygen atoms in total. The van der Waals surface area contributed by atoms with Gasteiger partial charge < -0.3 is 5.32 Å². The molecule has 0 saturated heterocycles. The van der Waals surface area contributed by atoms with Crippen molar-refractivity contribution in [3.63, 3.8) is 0 Å². The fourth-order valence-electron chi connectivity index (χ4n) is 1.81. The molecule has 0 bridgehead atoms. The first kappa shape index (κ1) is 15.2. The van der Waals surface area contributed by atoms with E-state index in [9.17, 15) is 8.42 Å². The molecule has 102 valence electrons. The lowest BCUT2D eigenvalue weighted by Gasteiger charge is -2.14. The van der Waals surface area contributed by atoms with E-state index in [1.54, 1.807) is 6.92 Å². The van der Waals surface area contributed by atoms with Gasteiger partial charge in [-0.05, 0) is 32.4 Å². The molecule has 0 aliphatic heterocycles. The van der Waals surface area contributed by atoms with Crippen LogP contribution in [0, 0.1) is 6.92 Å². The van der Waals surface area contributed by atoms with Gasteiger partial charge in [-0.15, -0.1) is 0 Å². The van der Waals surface area contributed by atoms with Gasteiger partial charge in [-0.25, -0.2) is 8.42 Å². The Kier molecular flexibility index (Phi) is 5.82. The molecule has 0 aromatic heterocycles. The van der Waals surface area contributed by atoms with Crippen LogP contribution in [0.2, 0.25) is 0 Å². The van der Waals surface area contributed by atoms with Crippen LogP contribution < -0.4 is 5.32 Å². The largest absolute Gasteiger partial charge is 0.310 e. The van der Waals surface area contributed by atoms with Crippen LogP contribution in [0.4, 0.5) is 0 Å². The molecule has 0 saturated carbocycles. The van der Waals surface area contributed by atoms with E-state index in [2.05, 4.69) is 37.4 Å². The highest BCUT2D eigenvalue weighted by atomic mass is 32.2. The van der Waals surface area contributed by atoms with Crippen LogP contribution in [0.1, 0.15) is 37.4 Å². The minimum absolute atomic E-state index is 0.237. The van der Waals surface area contributed by atoms with E-state index < -0.39 is 9.84 Å². The average Bonchev–Trinajstić information content (AvgIpc) is 2.34. The summed E-state index contributed by atoms with van der Waals surface area (Å²) in [7, 11) is -2.83. The number of sulfone groups is 1. The Morgan fingerprint density at radius 2 is 2.06 bits per heavy atom. The highest BCUT2D eigenvalue weighted by Gasteiger charge is 2.08. The van der Waals surface area contributed by atoms with E-state index in [0.29, 0.717) is 6.42 Å². The van der Waals surface area contributed by atoms with Gasteiger partial charge >= 0.3 is 0 Å². The molecule has 1 atom stereocenters.